The number of ether oxygens (including phenoxy) is 1. The average Bonchev–Trinajstić information content (AvgIpc) is 3.94. The predicted molar refractivity (Wildman–Crippen MR) is 233 cm³/mol. The summed E-state index contributed by atoms with van der Waals surface area (Å²) in [6.45, 7) is 11.7. The molecule has 7 rings (SSSR count). The summed E-state index contributed by atoms with van der Waals surface area (Å²) in [6, 6.07) is 23.5. The molecule has 0 spiro atoms. The minimum absolute atomic E-state index is 0.344. The van der Waals surface area contributed by atoms with Gasteiger partial charge in [0.15, 0.2) is 22.1 Å². The van der Waals surface area contributed by atoms with Gasteiger partial charge in [0, 0.05) is 83.2 Å². The van der Waals surface area contributed by atoms with Crippen LogP contribution in [-0.4, -0.2) is 80.6 Å². The van der Waals surface area contributed by atoms with E-state index in [1.807, 2.05) is 24.3 Å². The van der Waals surface area contributed by atoms with Gasteiger partial charge in [0.2, 0.25) is 0 Å². The molecule has 0 aliphatic rings. The summed E-state index contributed by atoms with van der Waals surface area (Å²) in [7, 11) is 0. The Labute approximate surface area is 341 Å². The third-order valence-corrected chi connectivity index (χ3v) is 11.5. The van der Waals surface area contributed by atoms with Gasteiger partial charge in [-0.1, -0.05) is 60.2 Å². The number of hydrogen-bond donors (Lipinski definition) is 4. The van der Waals surface area contributed by atoms with Crippen molar-refractivity contribution in [2.24, 2.45) is 5.73 Å². The molecule has 4 aromatic heterocycles. The smallest absolute Gasteiger partial charge is 0.296 e. The first-order valence-electron chi connectivity index (χ1n) is 19.4. The lowest BCUT2D eigenvalue weighted by Crippen LogP contribution is -2.27. The van der Waals surface area contributed by atoms with Gasteiger partial charge in [0.25, 0.3) is 5.91 Å². The van der Waals surface area contributed by atoms with Gasteiger partial charge in [-0.15, -0.1) is 16.4 Å². The summed E-state index contributed by atoms with van der Waals surface area (Å²) in [5, 5.41) is 23.7. The van der Waals surface area contributed by atoms with E-state index in [9.17, 15) is 4.79 Å². The third kappa shape index (κ3) is 9.81. The van der Waals surface area contributed by atoms with Gasteiger partial charge in [-0.2, -0.15) is 0 Å². The van der Waals surface area contributed by atoms with E-state index in [-0.39, 0.29) is 5.91 Å². The second kappa shape index (κ2) is 19.2. The summed E-state index contributed by atoms with van der Waals surface area (Å²) in [4.78, 5) is 23.0. The molecule has 0 fully saturated rings. The summed E-state index contributed by atoms with van der Waals surface area (Å²) >= 11 is 3.40. The monoisotopic (exact) mass is 800 g/mol. The number of benzene rings is 3. The van der Waals surface area contributed by atoms with Gasteiger partial charge in [-0.25, -0.2) is 14.6 Å². The zero-order chi connectivity index (χ0) is 39.6. The first-order valence-corrected chi connectivity index (χ1v) is 21.3. The number of aromatic nitrogens is 6. The van der Waals surface area contributed by atoms with Crippen LogP contribution >= 0.6 is 23.1 Å². The molecule has 0 aliphatic heterocycles. The van der Waals surface area contributed by atoms with Gasteiger partial charge in [-0.05, 0) is 84.3 Å². The molecule has 3 aromatic carbocycles. The SMILES string of the molecule is CCCSc1nc(NCCN)c2nnn(Cc3ccc(C#CC(=O)NCCOCCNCc4ccc5c(c4)c4ccc(-c6cc(C)cs6)cc4n5CC)cc3)c2n1. The Morgan fingerprint density at radius 2 is 1.79 bits per heavy atom. The standard InChI is InChI=1S/C43H48N10O2S2/c1-4-22-56-43-48-41(47-17-16-44)40-42(49-43)53(51-50-40)27-31-8-6-30(7-9-31)11-15-39(54)46-19-21-55-20-18-45-26-32-10-14-36-35(24-32)34-13-12-33(25-37(34)52(36)5-2)38-23-29(3)28-57-38/h6-10,12-14,23-25,28,45H,4-5,16-22,26-27,44H2,1-3H3,(H,46,54)(H,47,48,49). The maximum absolute atomic E-state index is 12.4. The molecule has 1 amide bonds. The molecule has 0 radical (unpaired) electrons. The average molecular weight is 801 g/mol. The quantitative estimate of drug-likeness (QED) is 0.0325. The second-order valence-corrected chi connectivity index (χ2v) is 15.6. The van der Waals surface area contributed by atoms with E-state index in [0.29, 0.717) is 68.1 Å². The lowest BCUT2D eigenvalue weighted by atomic mass is 10.1. The molecule has 0 aliphatic carbocycles. The molecule has 294 valence electrons. The number of anilines is 1. The molecular formula is C43H48N10O2S2. The van der Waals surface area contributed by atoms with E-state index in [2.05, 4.69) is 116 Å². The van der Waals surface area contributed by atoms with Gasteiger partial charge in [0.05, 0.1) is 19.8 Å². The molecule has 12 nitrogen and oxygen atoms in total. The molecule has 57 heavy (non-hydrogen) atoms. The zero-order valence-corrected chi connectivity index (χ0v) is 34.2. The molecular weight excluding hydrogens is 753 g/mol. The van der Waals surface area contributed by atoms with E-state index in [1.54, 1.807) is 27.8 Å². The Morgan fingerprint density at radius 1 is 0.947 bits per heavy atom. The van der Waals surface area contributed by atoms with Crippen molar-refractivity contribution >= 4 is 67.8 Å². The van der Waals surface area contributed by atoms with Crippen LogP contribution in [0.2, 0.25) is 0 Å². The molecule has 0 bridgehead atoms. The van der Waals surface area contributed by atoms with E-state index in [0.717, 1.165) is 36.4 Å². The summed E-state index contributed by atoms with van der Waals surface area (Å²) in [5.74, 6) is 6.83. The van der Waals surface area contributed by atoms with Crippen LogP contribution in [0.5, 0.6) is 0 Å². The van der Waals surface area contributed by atoms with Gasteiger partial charge < -0.3 is 31.0 Å². The van der Waals surface area contributed by atoms with Gasteiger partial charge in [-0.3, -0.25) is 4.79 Å². The van der Waals surface area contributed by atoms with Gasteiger partial charge in [0.1, 0.15) is 0 Å². The van der Waals surface area contributed by atoms with Crippen molar-refractivity contribution in [3.05, 3.63) is 94.4 Å². The fourth-order valence-corrected chi connectivity index (χ4v) is 8.19. The van der Waals surface area contributed by atoms with Gasteiger partial charge >= 0.3 is 0 Å². The Bertz CT molecular complexity index is 2530. The van der Waals surface area contributed by atoms with E-state index in [1.165, 1.54) is 43.4 Å². The largest absolute Gasteiger partial charge is 0.378 e. The third-order valence-electron chi connectivity index (χ3n) is 9.37. The molecule has 5 N–H and O–H groups in total. The number of carbonyl (C=O) groups is 1. The molecule has 14 heteroatoms. The van der Waals surface area contributed by atoms with E-state index >= 15 is 0 Å². The number of carbonyl (C=O) groups excluding carboxylic acids is 1. The molecule has 7 aromatic rings. The van der Waals surface area contributed by atoms with E-state index < -0.39 is 0 Å². The Morgan fingerprint density at radius 3 is 2.58 bits per heavy atom. The topological polar surface area (TPSA) is 150 Å². The van der Waals surface area contributed by atoms with Crippen LogP contribution in [0.3, 0.4) is 0 Å². The molecule has 0 atom stereocenters. The number of nitrogens with zero attached hydrogens (tertiary/aromatic N) is 6. The number of nitrogens with two attached hydrogens (primary N) is 1. The van der Waals surface area contributed by atoms with Crippen LogP contribution in [-0.2, 0) is 29.2 Å². The number of amides is 1. The number of rotatable bonds is 18. The number of aryl methyl sites for hydroxylation is 2. The highest BCUT2D eigenvalue weighted by atomic mass is 32.2. The zero-order valence-electron chi connectivity index (χ0n) is 32.6. The van der Waals surface area contributed by atoms with Crippen molar-refractivity contribution in [3.63, 3.8) is 0 Å². The highest BCUT2D eigenvalue weighted by Crippen LogP contribution is 2.35. The van der Waals surface area contributed by atoms with Crippen molar-refractivity contribution in [1.82, 2.24) is 40.2 Å². The van der Waals surface area contributed by atoms with Crippen molar-refractivity contribution in [3.8, 4) is 22.3 Å². The van der Waals surface area contributed by atoms with Crippen LogP contribution < -0.4 is 21.7 Å². The highest BCUT2D eigenvalue weighted by molar-refractivity contribution is 7.99. The molecule has 4 heterocycles. The van der Waals surface area contributed by atoms with Crippen LogP contribution in [0.25, 0.3) is 43.4 Å². The van der Waals surface area contributed by atoms with Crippen LogP contribution in [0.15, 0.2) is 77.3 Å². The number of fused-ring (bicyclic) bond motifs is 4. The van der Waals surface area contributed by atoms with Crippen LogP contribution in [0.4, 0.5) is 5.82 Å². The first-order chi connectivity index (χ1) is 27.9. The Kier molecular flexibility index (Phi) is 13.5. The summed E-state index contributed by atoms with van der Waals surface area (Å²) in [6.07, 6.45) is 1.02. The van der Waals surface area contributed by atoms with Crippen molar-refractivity contribution < 1.29 is 9.53 Å². The lowest BCUT2D eigenvalue weighted by Gasteiger charge is -2.08. The molecule has 0 saturated carbocycles. The fraction of sp³-hybridized carbons (Fsp3) is 0.326. The maximum atomic E-state index is 12.4. The summed E-state index contributed by atoms with van der Waals surface area (Å²) in [5.41, 5.74) is 15.0. The summed E-state index contributed by atoms with van der Waals surface area (Å²) < 4.78 is 9.92. The number of thiophene rings is 1. The number of nitrogens with one attached hydrogen (secondary N) is 3. The minimum atomic E-state index is -0.344. The number of hydrogen-bond acceptors (Lipinski definition) is 11. The normalized spacial score (nSPS) is 11.4. The molecule has 0 unspecified atom stereocenters. The Hall–Kier alpha value is -5.30. The van der Waals surface area contributed by atoms with Crippen LogP contribution in [0, 0.1) is 18.8 Å². The van der Waals surface area contributed by atoms with Crippen LogP contribution in [0.1, 0.15) is 42.5 Å². The second-order valence-electron chi connectivity index (χ2n) is 13.6. The predicted octanol–water partition coefficient (Wildman–Crippen LogP) is 6.58. The highest BCUT2D eigenvalue weighted by Gasteiger charge is 2.16. The minimum Gasteiger partial charge on any atom is -0.378 e. The fourth-order valence-electron chi connectivity index (χ4n) is 6.60. The first kappa shape index (κ1) is 39.9. The van der Waals surface area contributed by atoms with Crippen molar-refractivity contribution in [1.29, 1.82) is 0 Å². The van der Waals surface area contributed by atoms with Crippen molar-refractivity contribution in [2.75, 3.05) is 50.5 Å². The number of thioether (sulfide) groups is 1. The lowest BCUT2D eigenvalue weighted by molar-refractivity contribution is -0.115. The maximum Gasteiger partial charge on any atom is 0.296 e. The molecule has 0 saturated heterocycles. The van der Waals surface area contributed by atoms with Crippen molar-refractivity contribution in [2.45, 2.75) is 52.0 Å². The Balaban J connectivity index is 0.837. The van der Waals surface area contributed by atoms with E-state index in [4.69, 9.17) is 15.5 Å².